The molecule has 0 aliphatic heterocycles. The molecule has 2 nitrogen and oxygen atoms in total. The molecule has 8 heteroatoms. The lowest BCUT2D eigenvalue weighted by molar-refractivity contribution is -0.138. The SMILES string of the molecule is NCc1cc(N(CC(F)(F)F)C2CC2)ccc1C(F)(F)F. The van der Waals surface area contributed by atoms with Gasteiger partial charge in [0.05, 0.1) is 5.56 Å². The van der Waals surface area contributed by atoms with Gasteiger partial charge in [0, 0.05) is 18.3 Å². The predicted octanol–water partition coefficient (Wildman–Crippen LogP) is 3.70. The van der Waals surface area contributed by atoms with Gasteiger partial charge in [-0.15, -0.1) is 0 Å². The van der Waals surface area contributed by atoms with Crippen molar-refractivity contribution in [2.45, 2.75) is 37.8 Å². The first-order chi connectivity index (χ1) is 9.62. The molecule has 0 aromatic heterocycles. The summed E-state index contributed by atoms with van der Waals surface area (Å²) in [5.41, 5.74) is 4.32. The molecule has 0 unspecified atom stereocenters. The Balaban J connectivity index is 2.34. The highest BCUT2D eigenvalue weighted by molar-refractivity contribution is 5.53. The lowest BCUT2D eigenvalue weighted by Crippen LogP contribution is -2.36. The molecule has 1 aromatic carbocycles. The first-order valence-corrected chi connectivity index (χ1v) is 6.35. The number of benzene rings is 1. The molecule has 118 valence electrons. The monoisotopic (exact) mass is 312 g/mol. The minimum absolute atomic E-state index is 0.128. The van der Waals surface area contributed by atoms with E-state index in [-0.39, 0.29) is 23.8 Å². The minimum atomic E-state index is -4.57. The van der Waals surface area contributed by atoms with Gasteiger partial charge in [-0.25, -0.2) is 0 Å². The summed E-state index contributed by atoms with van der Waals surface area (Å²) in [7, 11) is 0. The summed E-state index contributed by atoms with van der Waals surface area (Å²) >= 11 is 0. The van der Waals surface area contributed by atoms with E-state index in [1.54, 1.807) is 0 Å². The van der Waals surface area contributed by atoms with Crippen LogP contribution in [0.4, 0.5) is 32.0 Å². The molecule has 0 heterocycles. The van der Waals surface area contributed by atoms with E-state index in [9.17, 15) is 26.3 Å². The third-order valence-electron chi connectivity index (χ3n) is 3.28. The van der Waals surface area contributed by atoms with Crippen molar-refractivity contribution in [3.05, 3.63) is 29.3 Å². The molecular weight excluding hydrogens is 298 g/mol. The van der Waals surface area contributed by atoms with Crippen LogP contribution < -0.4 is 10.6 Å². The highest BCUT2D eigenvalue weighted by atomic mass is 19.4. The molecule has 1 aromatic rings. The van der Waals surface area contributed by atoms with E-state index in [1.165, 1.54) is 0 Å². The van der Waals surface area contributed by atoms with Gasteiger partial charge in [-0.1, -0.05) is 0 Å². The molecule has 0 saturated heterocycles. The van der Waals surface area contributed by atoms with Gasteiger partial charge in [0.25, 0.3) is 0 Å². The Morgan fingerprint density at radius 3 is 2.14 bits per heavy atom. The van der Waals surface area contributed by atoms with Crippen LogP contribution in [-0.2, 0) is 12.7 Å². The van der Waals surface area contributed by atoms with Crippen molar-refractivity contribution in [3.63, 3.8) is 0 Å². The Morgan fingerprint density at radius 2 is 1.71 bits per heavy atom. The average molecular weight is 312 g/mol. The number of anilines is 1. The maximum atomic E-state index is 12.8. The van der Waals surface area contributed by atoms with Crippen LogP contribution >= 0.6 is 0 Å². The van der Waals surface area contributed by atoms with E-state index in [0.717, 1.165) is 23.1 Å². The Morgan fingerprint density at radius 1 is 1.10 bits per heavy atom. The molecular formula is C13H14F6N2. The standard InChI is InChI=1S/C13H14F6N2/c14-12(15,16)7-21(9-1-2-9)10-3-4-11(13(17,18)19)8(5-10)6-20/h3-5,9H,1-2,6-7,20H2. The van der Waals surface area contributed by atoms with Crippen molar-refractivity contribution in [2.75, 3.05) is 11.4 Å². The van der Waals surface area contributed by atoms with Gasteiger partial charge in [-0.05, 0) is 36.6 Å². The van der Waals surface area contributed by atoms with Crippen molar-refractivity contribution in [3.8, 4) is 0 Å². The van der Waals surface area contributed by atoms with Gasteiger partial charge in [0.15, 0.2) is 0 Å². The zero-order chi connectivity index (χ0) is 15.8. The summed E-state index contributed by atoms with van der Waals surface area (Å²) in [5.74, 6) is 0. The predicted molar refractivity (Wildman–Crippen MR) is 65.8 cm³/mol. The second-order valence-corrected chi connectivity index (χ2v) is 5.02. The maximum Gasteiger partial charge on any atom is 0.416 e. The van der Waals surface area contributed by atoms with Crippen LogP contribution in [0.25, 0.3) is 0 Å². The van der Waals surface area contributed by atoms with E-state index in [4.69, 9.17) is 5.73 Å². The van der Waals surface area contributed by atoms with Crippen molar-refractivity contribution < 1.29 is 26.3 Å². The van der Waals surface area contributed by atoms with Crippen LogP contribution in [0, 0.1) is 0 Å². The molecule has 21 heavy (non-hydrogen) atoms. The number of nitrogens with zero attached hydrogens (tertiary/aromatic N) is 1. The van der Waals surface area contributed by atoms with Gasteiger partial charge >= 0.3 is 12.4 Å². The maximum absolute atomic E-state index is 12.8. The van der Waals surface area contributed by atoms with Crippen molar-refractivity contribution in [2.24, 2.45) is 5.73 Å². The van der Waals surface area contributed by atoms with Gasteiger partial charge in [-0.3, -0.25) is 0 Å². The first kappa shape index (κ1) is 15.9. The fraction of sp³-hybridized carbons (Fsp3) is 0.538. The lowest BCUT2D eigenvalue weighted by atomic mass is 10.1. The smallest absolute Gasteiger partial charge is 0.360 e. The van der Waals surface area contributed by atoms with Crippen molar-refractivity contribution >= 4 is 5.69 Å². The van der Waals surface area contributed by atoms with E-state index < -0.39 is 24.5 Å². The Labute approximate surface area is 117 Å². The Bertz CT molecular complexity index is 504. The van der Waals surface area contributed by atoms with Crippen LogP contribution in [0.3, 0.4) is 0 Å². The molecule has 0 amide bonds. The summed E-state index contributed by atoms with van der Waals surface area (Å²) < 4.78 is 76.0. The quantitative estimate of drug-likeness (QED) is 0.859. The Kier molecular flexibility index (Phi) is 4.10. The molecule has 1 fully saturated rings. The molecule has 1 saturated carbocycles. The fourth-order valence-electron chi connectivity index (χ4n) is 2.21. The van der Waals surface area contributed by atoms with E-state index in [1.807, 2.05) is 0 Å². The number of nitrogens with two attached hydrogens (primary N) is 1. The van der Waals surface area contributed by atoms with Gasteiger partial charge in [0.2, 0.25) is 0 Å². The third kappa shape index (κ3) is 4.03. The van der Waals surface area contributed by atoms with Crippen molar-refractivity contribution in [1.82, 2.24) is 0 Å². The van der Waals surface area contributed by atoms with Crippen LogP contribution in [0.15, 0.2) is 18.2 Å². The lowest BCUT2D eigenvalue weighted by Gasteiger charge is -2.27. The first-order valence-electron chi connectivity index (χ1n) is 6.35. The molecule has 0 radical (unpaired) electrons. The molecule has 1 aliphatic carbocycles. The third-order valence-corrected chi connectivity index (χ3v) is 3.28. The highest BCUT2D eigenvalue weighted by Gasteiger charge is 2.39. The molecule has 0 bridgehead atoms. The topological polar surface area (TPSA) is 29.3 Å². The summed E-state index contributed by atoms with van der Waals surface area (Å²) in [6.07, 6.45) is -7.76. The highest BCUT2D eigenvalue weighted by Crippen LogP contribution is 2.38. The number of alkyl halides is 6. The second kappa shape index (κ2) is 5.40. The number of hydrogen-bond donors (Lipinski definition) is 1. The summed E-state index contributed by atoms with van der Waals surface area (Å²) in [6, 6.07) is 2.70. The summed E-state index contributed by atoms with van der Waals surface area (Å²) in [5, 5.41) is 0. The largest absolute Gasteiger partial charge is 0.416 e. The Hall–Kier alpha value is -1.44. The van der Waals surface area contributed by atoms with Crippen LogP contribution in [0.1, 0.15) is 24.0 Å². The molecule has 1 aliphatic rings. The van der Waals surface area contributed by atoms with Crippen molar-refractivity contribution in [1.29, 1.82) is 0 Å². The van der Waals surface area contributed by atoms with Crippen LogP contribution in [0.2, 0.25) is 0 Å². The normalized spacial score (nSPS) is 16.1. The van der Waals surface area contributed by atoms with E-state index in [0.29, 0.717) is 12.8 Å². The van der Waals surface area contributed by atoms with Crippen LogP contribution in [-0.4, -0.2) is 18.8 Å². The fourth-order valence-corrected chi connectivity index (χ4v) is 2.21. The molecule has 0 spiro atoms. The average Bonchev–Trinajstić information content (AvgIpc) is 3.17. The summed E-state index contributed by atoms with van der Waals surface area (Å²) in [6.45, 7) is -1.56. The number of rotatable bonds is 4. The number of halogens is 6. The van der Waals surface area contributed by atoms with E-state index in [2.05, 4.69) is 0 Å². The zero-order valence-corrected chi connectivity index (χ0v) is 10.9. The number of hydrogen-bond acceptors (Lipinski definition) is 2. The minimum Gasteiger partial charge on any atom is -0.360 e. The van der Waals surface area contributed by atoms with Crippen LogP contribution in [0.5, 0.6) is 0 Å². The van der Waals surface area contributed by atoms with Gasteiger partial charge < -0.3 is 10.6 Å². The second-order valence-electron chi connectivity index (χ2n) is 5.02. The van der Waals surface area contributed by atoms with E-state index >= 15 is 0 Å². The molecule has 0 atom stereocenters. The molecule has 2 rings (SSSR count). The molecule has 2 N–H and O–H groups in total. The van der Waals surface area contributed by atoms with Gasteiger partial charge in [0.1, 0.15) is 6.54 Å². The zero-order valence-electron chi connectivity index (χ0n) is 10.9. The van der Waals surface area contributed by atoms with Gasteiger partial charge in [-0.2, -0.15) is 26.3 Å². The summed E-state index contributed by atoms with van der Waals surface area (Å²) in [4.78, 5) is 1.10.